The predicted molar refractivity (Wildman–Crippen MR) is 140 cm³/mol. The Bertz CT molecular complexity index is 1070. The number of carbonyl (C=O) groups excluding carboxylic acids is 1. The van der Waals surface area contributed by atoms with Crippen molar-refractivity contribution < 1.29 is 18.0 Å². The molecule has 0 atom stereocenters. The van der Waals surface area contributed by atoms with Crippen LogP contribution in [0, 0.1) is 23.7 Å². The zero-order valence-corrected chi connectivity index (χ0v) is 21.4. The first-order valence-corrected chi connectivity index (χ1v) is 13.0. The second-order valence-electron chi connectivity index (χ2n) is 10.5. The van der Waals surface area contributed by atoms with Crippen LogP contribution in [0.4, 0.5) is 30.2 Å². The Morgan fingerprint density at radius 2 is 1.68 bits per heavy atom. The second kappa shape index (κ2) is 11.5. The van der Waals surface area contributed by atoms with Crippen molar-refractivity contribution in [1.29, 1.82) is 0 Å². The zero-order chi connectivity index (χ0) is 26.6. The lowest BCUT2D eigenvalue weighted by atomic mass is 9.84. The van der Waals surface area contributed by atoms with Gasteiger partial charge in [0.2, 0.25) is 5.91 Å². The third kappa shape index (κ3) is 6.81. The number of piperidine rings is 1. The lowest BCUT2D eigenvalue weighted by Gasteiger charge is -2.36. The Labute approximate surface area is 216 Å². The number of amides is 1. The van der Waals surface area contributed by atoms with Gasteiger partial charge in [-0.15, -0.1) is 4.91 Å². The van der Waals surface area contributed by atoms with Crippen molar-refractivity contribution in [1.82, 2.24) is 4.90 Å². The quantitative estimate of drug-likeness (QED) is 0.413. The van der Waals surface area contributed by atoms with Crippen LogP contribution in [0.1, 0.15) is 49.7 Å². The molecule has 4 rings (SSSR count). The van der Waals surface area contributed by atoms with Gasteiger partial charge < -0.3 is 15.1 Å². The number of hydrogen-bond acceptors (Lipinski definition) is 5. The maximum Gasteiger partial charge on any atom is 0.418 e. The molecule has 1 heterocycles. The predicted octanol–water partition coefficient (Wildman–Crippen LogP) is 6.76. The van der Waals surface area contributed by atoms with E-state index >= 15 is 0 Å². The van der Waals surface area contributed by atoms with Crippen LogP contribution in [0.25, 0.3) is 0 Å². The molecule has 1 amide bonds. The molecular formula is C28H35F3N4O2. The molecule has 37 heavy (non-hydrogen) atoms. The molecule has 2 aromatic rings. The average molecular weight is 517 g/mol. The Hall–Kier alpha value is -3.10. The first-order valence-electron chi connectivity index (χ1n) is 13.0. The van der Waals surface area contributed by atoms with E-state index in [0.29, 0.717) is 37.3 Å². The van der Waals surface area contributed by atoms with E-state index in [2.05, 4.69) is 46.6 Å². The molecular weight excluding hydrogens is 481 g/mol. The topological polar surface area (TPSA) is 65.0 Å². The molecule has 0 radical (unpaired) electrons. The summed E-state index contributed by atoms with van der Waals surface area (Å²) in [5.74, 6) is 0.601. The van der Waals surface area contributed by atoms with Crippen molar-refractivity contribution in [2.75, 3.05) is 36.9 Å². The molecule has 9 heteroatoms. The monoisotopic (exact) mass is 516 g/mol. The van der Waals surface area contributed by atoms with Gasteiger partial charge in [-0.2, -0.15) is 13.2 Å². The standard InChI is InChI=1S/C28H35F3N4O2/c1-19-3-10-24(11-4-19)35-15-13-20(14-16-35)18-34(2)27(36)21-5-7-22(8-6-21)32-23-9-12-26(33-37)25(17-23)28(29,30)31/h3-4,9-12,17,20-22,32H,5-8,13-16,18H2,1-2H3. The smallest absolute Gasteiger partial charge is 0.382 e. The molecule has 200 valence electrons. The molecule has 0 aromatic heterocycles. The SMILES string of the molecule is Cc1ccc(N2CCC(CN(C)C(=O)C3CCC(Nc4ccc(N=O)c(C(F)(F)F)c4)CC3)CC2)cc1. The van der Waals surface area contributed by atoms with Gasteiger partial charge in [0.15, 0.2) is 0 Å². The van der Waals surface area contributed by atoms with Crippen molar-refractivity contribution in [3.63, 3.8) is 0 Å². The maximum atomic E-state index is 13.2. The minimum Gasteiger partial charge on any atom is -0.382 e. The van der Waals surface area contributed by atoms with Crippen molar-refractivity contribution in [2.45, 2.75) is 57.7 Å². The summed E-state index contributed by atoms with van der Waals surface area (Å²) < 4.78 is 39.7. The molecule has 2 fully saturated rings. The van der Waals surface area contributed by atoms with Gasteiger partial charge >= 0.3 is 6.18 Å². The van der Waals surface area contributed by atoms with Gasteiger partial charge in [0.1, 0.15) is 5.69 Å². The molecule has 1 aliphatic carbocycles. The number of alkyl halides is 3. The van der Waals surface area contributed by atoms with Gasteiger partial charge in [-0.25, -0.2) is 0 Å². The van der Waals surface area contributed by atoms with Crippen LogP contribution >= 0.6 is 0 Å². The fraction of sp³-hybridized carbons (Fsp3) is 0.536. The van der Waals surface area contributed by atoms with Crippen molar-refractivity contribution in [2.24, 2.45) is 17.0 Å². The van der Waals surface area contributed by atoms with Crippen molar-refractivity contribution >= 4 is 23.0 Å². The number of hydrogen-bond donors (Lipinski definition) is 1. The summed E-state index contributed by atoms with van der Waals surface area (Å²) in [6.07, 6.45) is 0.274. The van der Waals surface area contributed by atoms with Crippen molar-refractivity contribution in [3.8, 4) is 0 Å². The van der Waals surface area contributed by atoms with Gasteiger partial charge in [0.05, 0.1) is 5.56 Å². The van der Waals surface area contributed by atoms with E-state index in [4.69, 9.17) is 0 Å². The minimum atomic E-state index is -4.65. The van der Waals surface area contributed by atoms with E-state index in [1.54, 1.807) is 0 Å². The molecule has 0 bridgehead atoms. The van der Waals surface area contributed by atoms with Crippen LogP contribution in [0.15, 0.2) is 47.6 Å². The van der Waals surface area contributed by atoms with E-state index in [9.17, 15) is 22.9 Å². The number of aryl methyl sites for hydroxylation is 1. The molecule has 6 nitrogen and oxygen atoms in total. The Balaban J connectivity index is 1.23. The lowest BCUT2D eigenvalue weighted by molar-refractivity contribution is -0.137. The fourth-order valence-corrected chi connectivity index (χ4v) is 5.57. The van der Waals surface area contributed by atoms with Crippen LogP contribution in [-0.2, 0) is 11.0 Å². The molecule has 2 aliphatic rings. The highest BCUT2D eigenvalue weighted by Crippen LogP contribution is 2.38. The normalized spacial score (nSPS) is 20.9. The molecule has 2 aromatic carbocycles. The van der Waals surface area contributed by atoms with Gasteiger partial charge in [-0.1, -0.05) is 17.7 Å². The van der Waals surface area contributed by atoms with Crippen molar-refractivity contribution in [3.05, 3.63) is 58.5 Å². The molecule has 1 saturated carbocycles. The molecule has 0 unspecified atom stereocenters. The Morgan fingerprint density at radius 3 is 2.27 bits per heavy atom. The zero-order valence-electron chi connectivity index (χ0n) is 21.4. The summed E-state index contributed by atoms with van der Waals surface area (Å²) in [5, 5.41) is 5.64. The van der Waals surface area contributed by atoms with Crippen LogP contribution in [-0.4, -0.2) is 43.5 Å². The Kier molecular flexibility index (Phi) is 8.39. The van der Waals surface area contributed by atoms with Crippen LogP contribution in [0.5, 0.6) is 0 Å². The number of halogens is 3. The third-order valence-electron chi connectivity index (χ3n) is 7.77. The van der Waals surface area contributed by atoms with Gasteiger partial charge in [0.25, 0.3) is 0 Å². The van der Waals surface area contributed by atoms with Gasteiger partial charge in [0, 0.05) is 50.0 Å². The number of benzene rings is 2. The van der Waals surface area contributed by atoms with E-state index in [1.807, 2.05) is 11.9 Å². The van der Waals surface area contributed by atoms with E-state index < -0.39 is 17.4 Å². The van der Waals surface area contributed by atoms with Crippen LogP contribution < -0.4 is 10.2 Å². The third-order valence-corrected chi connectivity index (χ3v) is 7.77. The first-order chi connectivity index (χ1) is 17.6. The number of anilines is 2. The van der Waals surface area contributed by atoms with Gasteiger partial charge in [-0.05, 0) is 86.9 Å². The summed E-state index contributed by atoms with van der Waals surface area (Å²) in [6.45, 7) is 4.83. The van der Waals surface area contributed by atoms with Crippen LogP contribution in [0.2, 0.25) is 0 Å². The largest absolute Gasteiger partial charge is 0.418 e. The lowest BCUT2D eigenvalue weighted by Crippen LogP contribution is -2.42. The summed E-state index contributed by atoms with van der Waals surface area (Å²) in [5.41, 5.74) is 1.16. The first kappa shape index (κ1) is 26.9. The van der Waals surface area contributed by atoms with Gasteiger partial charge in [-0.3, -0.25) is 4.79 Å². The molecule has 1 saturated heterocycles. The number of nitroso groups, excluding NO2 is 1. The molecule has 0 spiro atoms. The summed E-state index contributed by atoms with van der Waals surface area (Å²) in [4.78, 5) is 28.1. The van der Waals surface area contributed by atoms with E-state index in [0.717, 1.165) is 44.6 Å². The maximum absolute atomic E-state index is 13.2. The summed E-state index contributed by atoms with van der Waals surface area (Å²) in [7, 11) is 1.89. The summed E-state index contributed by atoms with van der Waals surface area (Å²) in [6, 6.07) is 12.1. The highest BCUT2D eigenvalue weighted by atomic mass is 19.4. The Morgan fingerprint density at radius 1 is 1.03 bits per heavy atom. The number of nitrogens with one attached hydrogen (secondary N) is 1. The highest BCUT2D eigenvalue weighted by molar-refractivity contribution is 5.78. The average Bonchev–Trinajstić information content (AvgIpc) is 2.89. The minimum absolute atomic E-state index is 0.0171. The number of nitrogens with zero attached hydrogens (tertiary/aromatic N) is 3. The second-order valence-corrected chi connectivity index (χ2v) is 10.5. The summed E-state index contributed by atoms with van der Waals surface area (Å²) >= 11 is 0. The van der Waals surface area contributed by atoms with E-state index in [-0.39, 0.29) is 17.9 Å². The van der Waals surface area contributed by atoms with Crippen LogP contribution in [0.3, 0.4) is 0 Å². The van der Waals surface area contributed by atoms with E-state index in [1.165, 1.54) is 17.3 Å². The highest BCUT2D eigenvalue weighted by Gasteiger charge is 2.35. The molecule has 1 N–H and O–H groups in total. The number of carbonyl (C=O) groups is 1. The molecule has 1 aliphatic heterocycles. The number of rotatable bonds is 7. The fourth-order valence-electron chi connectivity index (χ4n) is 5.57.